The topological polar surface area (TPSA) is 63.6 Å². The molecule has 2 atom stereocenters. The molecule has 0 saturated carbocycles. The number of carbonyl (C=O) groups is 2. The SMILES string of the molecule is CC(=O)OC(CCC(C)Br)C(=O)O. The number of carboxylic acid groups (broad SMARTS) is 1. The van der Waals surface area contributed by atoms with Crippen LogP contribution >= 0.6 is 15.9 Å². The van der Waals surface area contributed by atoms with E-state index in [1.165, 1.54) is 6.92 Å². The number of aliphatic carboxylic acids is 1. The molecule has 13 heavy (non-hydrogen) atoms. The van der Waals surface area contributed by atoms with Gasteiger partial charge in [0.2, 0.25) is 0 Å². The van der Waals surface area contributed by atoms with E-state index in [0.717, 1.165) is 0 Å². The van der Waals surface area contributed by atoms with Crippen LogP contribution in [0.15, 0.2) is 0 Å². The van der Waals surface area contributed by atoms with Crippen LogP contribution in [0.1, 0.15) is 26.7 Å². The highest BCUT2D eigenvalue weighted by atomic mass is 79.9. The van der Waals surface area contributed by atoms with Crippen molar-refractivity contribution >= 4 is 27.9 Å². The Balaban J connectivity index is 3.95. The maximum absolute atomic E-state index is 10.6. The van der Waals surface area contributed by atoms with Crippen LogP contribution in [-0.4, -0.2) is 28.0 Å². The van der Waals surface area contributed by atoms with Crippen LogP contribution in [0.3, 0.4) is 0 Å². The van der Waals surface area contributed by atoms with Crippen molar-refractivity contribution in [3.8, 4) is 0 Å². The molecule has 0 fully saturated rings. The number of esters is 1. The second-order valence-electron chi connectivity index (χ2n) is 2.79. The lowest BCUT2D eigenvalue weighted by atomic mass is 10.1. The first-order valence-electron chi connectivity index (χ1n) is 3.97. The minimum absolute atomic E-state index is 0.227. The largest absolute Gasteiger partial charge is 0.479 e. The predicted octanol–water partition coefficient (Wildman–Crippen LogP) is 1.57. The third-order valence-electron chi connectivity index (χ3n) is 1.41. The zero-order valence-electron chi connectivity index (χ0n) is 7.62. The summed E-state index contributed by atoms with van der Waals surface area (Å²) < 4.78 is 4.60. The van der Waals surface area contributed by atoms with Gasteiger partial charge in [-0.15, -0.1) is 0 Å². The Morgan fingerprint density at radius 3 is 2.31 bits per heavy atom. The van der Waals surface area contributed by atoms with Crippen LogP contribution in [0.4, 0.5) is 0 Å². The minimum Gasteiger partial charge on any atom is -0.479 e. The third-order valence-corrected chi connectivity index (χ3v) is 1.87. The molecule has 0 heterocycles. The Hall–Kier alpha value is -0.580. The summed E-state index contributed by atoms with van der Waals surface area (Å²) in [5.41, 5.74) is 0. The molecule has 76 valence electrons. The summed E-state index contributed by atoms with van der Waals surface area (Å²) >= 11 is 3.28. The van der Waals surface area contributed by atoms with Crippen LogP contribution in [0, 0.1) is 0 Å². The number of ether oxygens (including phenoxy) is 1. The fourth-order valence-corrected chi connectivity index (χ4v) is 1.08. The number of carboxylic acids is 1. The van der Waals surface area contributed by atoms with E-state index in [0.29, 0.717) is 12.8 Å². The molecule has 0 aromatic heterocycles. The van der Waals surface area contributed by atoms with Crippen LogP contribution in [0.2, 0.25) is 0 Å². The Morgan fingerprint density at radius 2 is 2.00 bits per heavy atom. The van der Waals surface area contributed by atoms with Gasteiger partial charge in [0.05, 0.1) is 0 Å². The zero-order chi connectivity index (χ0) is 10.4. The summed E-state index contributed by atoms with van der Waals surface area (Å²) in [6.45, 7) is 3.11. The molecule has 0 radical (unpaired) electrons. The van der Waals surface area contributed by atoms with E-state index in [-0.39, 0.29) is 4.83 Å². The number of hydrogen-bond acceptors (Lipinski definition) is 3. The number of halogens is 1. The number of rotatable bonds is 5. The highest BCUT2D eigenvalue weighted by molar-refractivity contribution is 9.09. The van der Waals surface area contributed by atoms with E-state index < -0.39 is 18.0 Å². The fourth-order valence-electron chi connectivity index (χ4n) is 0.814. The zero-order valence-corrected chi connectivity index (χ0v) is 9.20. The molecule has 0 spiro atoms. The molecule has 0 rings (SSSR count). The Bertz CT molecular complexity index is 191. The average molecular weight is 253 g/mol. The van der Waals surface area contributed by atoms with Crippen molar-refractivity contribution in [2.75, 3.05) is 0 Å². The van der Waals surface area contributed by atoms with E-state index in [9.17, 15) is 9.59 Å². The monoisotopic (exact) mass is 252 g/mol. The predicted molar refractivity (Wildman–Crippen MR) is 50.8 cm³/mol. The van der Waals surface area contributed by atoms with Crippen molar-refractivity contribution in [3.63, 3.8) is 0 Å². The minimum atomic E-state index is -1.09. The van der Waals surface area contributed by atoms with Crippen LogP contribution in [0.5, 0.6) is 0 Å². The van der Waals surface area contributed by atoms with Crippen molar-refractivity contribution < 1.29 is 19.4 Å². The number of alkyl halides is 1. The highest BCUT2D eigenvalue weighted by Crippen LogP contribution is 2.11. The average Bonchev–Trinajstić information content (AvgIpc) is 1.96. The van der Waals surface area contributed by atoms with E-state index in [1.54, 1.807) is 0 Å². The van der Waals surface area contributed by atoms with Crippen LogP contribution < -0.4 is 0 Å². The first-order valence-corrected chi connectivity index (χ1v) is 4.89. The van der Waals surface area contributed by atoms with Gasteiger partial charge in [-0.1, -0.05) is 22.9 Å². The normalized spacial score (nSPS) is 14.7. The lowest BCUT2D eigenvalue weighted by Gasteiger charge is -2.12. The molecule has 0 aliphatic rings. The van der Waals surface area contributed by atoms with Gasteiger partial charge in [-0.25, -0.2) is 4.79 Å². The summed E-state index contributed by atoms with van der Waals surface area (Å²) in [4.78, 5) is 21.3. The van der Waals surface area contributed by atoms with Gasteiger partial charge in [0, 0.05) is 11.8 Å². The van der Waals surface area contributed by atoms with Gasteiger partial charge in [0.25, 0.3) is 0 Å². The van der Waals surface area contributed by atoms with Gasteiger partial charge in [-0.2, -0.15) is 0 Å². The third kappa shape index (κ3) is 6.57. The van der Waals surface area contributed by atoms with Crippen molar-refractivity contribution in [2.45, 2.75) is 37.6 Å². The Kier molecular flexibility index (Phi) is 5.70. The Labute approximate surface area is 85.4 Å². The summed E-state index contributed by atoms with van der Waals surface area (Å²) in [5, 5.41) is 8.64. The van der Waals surface area contributed by atoms with E-state index in [4.69, 9.17) is 5.11 Å². The first kappa shape index (κ1) is 12.4. The molecular formula is C8H13BrO4. The second kappa shape index (κ2) is 5.96. The highest BCUT2D eigenvalue weighted by Gasteiger charge is 2.20. The van der Waals surface area contributed by atoms with Crippen molar-refractivity contribution in [1.29, 1.82) is 0 Å². The number of carbonyl (C=O) groups excluding carboxylic acids is 1. The Morgan fingerprint density at radius 1 is 1.46 bits per heavy atom. The van der Waals surface area contributed by atoms with E-state index in [1.807, 2.05) is 6.92 Å². The van der Waals surface area contributed by atoms with Crippen LogP contribution in [0.25, 0.3) is 0 Å². The first-order chi connectivity index (χ1) is 5.93. The van der Waals surface area contributed by atoms with Gasteiger partial charge in [0.15, 0.2) is 6.10 Å². The standard InChI is InChI=1S/C8H13BrO4/c1-5(9)3-4-7(8(11)12)13-6(2)10/h5,7H,3-4H2,1-2H3,(H,11,12). The lowest BCUT2D eigenvalue weighted by Crippen LogP contribution is -2.26. The van der Waals surface area contributed by atoms with Gasteiger partial charge in [-0.05, 0) is 12.8 Å². The smallest absolute Gasteiger partial charge is 0.345 e. The summed E-state index contributed by atoms with van der Waals surface area (Å²) in [7, 11) is 0. The molecule has 0 aliphatic heterocycles. The van der Waals surface area contributed by atoms with Gasteiger partial charge in [0.1, 0.15) is 0 Å². The number of hydrogen-bond donors (Lipinski definition) is 1. The molecule has 0 aliphatic carbocycles. The molecule has 0 saturated heterocycles. The van der Waals surface area contributed by atoms with Crippen molar-refractivity contribution in [3.05, 3.63) is 0 Å². The maximum Gasteiger partial charge on any atom is 0.345 e. The maximum atomic E-state index is 10.6. The molecule has 2 unspecified atom stereocenters. The molecule has 1 N–H and O–H groups in total. The van der Waals surface area contributed by atoms with Crippen LogP contribution in [-0.2, 0) is 14.3 Å². The van der Waals surface area contributed by atoms with Crippen molar-refractivity contribution in [1.82, 2.24) is 0 Å². The van der Waals surface area contributed by atoms with Crippen molar-refractivity contribution in [2.24, 2.45) is 0 Å². The molecule has 5 heteroatoms. The second-order valence-corrected chi connectivity index (χ2v) is 4.36. The quantitative estimate of drug-likeness (QED) is 0.596. The van der Waals surface area contributed by atoms with Gasteiger partial charge < -0.3 is 9.84 Å². The molecule has 0 bridgehead atoms. The summed E-state index contributed by atoms with van der Waals surface area (Å²) in [6.07, 6.45) is -0.0246. The molecule has 0 aromatic rings. The molecule has 4 nitrogen and oxygen atoms in total. The van der Waals surface area contributed by atoms with Gasteiger partial charge in [-0.3, -0.25) is 4.79 Å². The molecule has 0 amide bonds. The fraction of sp³-hybridized carbons (Fsp3) is 0.750. The molecular weight excluding hydrogens is 240 g/mol. The van der Waals surface area contributed by atoms with E-state index >= 15 is 0 Å². The van der Waals surface area contributed by atoms with E-state index in [2.05, 4.69) is 20.7 Å². The summed E-state index contributed by atoms with van der Waals surface area (Å²) in [5.74, 6) is -1.65. The van der Waals surface area contributed by atoms with Gasteiger partial charge >= 0.3 is 11.9 Å². The summed E-state index contributed by atoms with van der Waals surface area (Å²) in [6, 6.07) is 0. The lowest BCUT2D eigenvalue weighted by molar-refractivity contribution is -0.162. The molecule has 0 aromatic carbocycles.